The van der Waals surface area contributed by atoms with Crippen molar-refractivity contribution in [3.63, 3.8) is 0 Å². The summed E-state index contributed by atoms with van der Waals surface area (Å²) in [5.41, 5.74) is 5.47. The summed E-state index contributed by atoms with van der Waals surface area (Å²) in [7, 11) is 0. The molecular formula is C14H27N3O2. The molecule has 1 aliphatic rings. The van der Waals surface area contributed by atoms with E-state index in [-0.39, 0.29) is 5.41 Å². The van der Waals surface area contributed by atoms with Gasteiger partial charge in [0, 0.05) is 19.6 Å². The van der Waals surface area contributed by atoms with Crippen molar-refractivity contribution in [3.8, 4) is 0 Å². The van der Waals surface area contributed by atoms with Gasteiger partial charge in [0.1, 0.15) is 0 Å². The molecule has 0 heterocycles. The Morgan fingerprint density at radius 3 is 2.26 bits per heavy atom. The summed E-state index contributed by atoms with van der Waals surface area (Å²) in [6.07, 6.45) is 5.85. The molecule has 0 atom stereocenters. The van der Waals surface area contributed by atoms with Crippen LogP contribution in [0, 0.1) is 11.3 Å². The molecule has 1 saturated carbocycles. The Morgan fingerprint density at radius 2 is 1.74 bits per heavy atom. The van der Waals surface area contributed by atoms with Gasteiger partial charge in [-0.15, -0.1) is 0 Å². The van der Waals surface area contributed by atoms with Crippen molar-refractivity contribution >= 4 is 11.8 Å². The van der Waals surface area contributed by atoms with E-state index in [1.165, 1.54) is 12.8 Å². The lowest BCUT2D eigenvalue weighted by atomic mass is 9.78. The van der Waals surface area contributed by atoms with Gasteiger partial charge in [-0.1, -0.05) is 26.7 Å². The van der Waals surface area contributed by atoms with Crippen LogP contribution in [-0.4, -0.2) is 31.4 Å². The molecule has 19 heavy (non-hydrogen) atoms. The van der Waals surface area contributed by atoms with Crippen molar-refractivity contribution in [2.45, 2.75) is 46.0 Å². The third-order valence-electron chi connectivity index (χ3n) is 3.77. The Morgan fingerprint density at radius 1 is 1.16 bits per heavy atom. The molecular weight excluding hydrogens is 242 g/mol. The average Bonchev–Trinajstić information content (AvgIpc) is 2.81. The Labute approximate surface area is 115 Å². The van der Waals surface area contributed by atoms with E-state index < -0.39 is 11.8 Å². The summed E-state index contributed by atoms with van der Waals surface area (Å²) >= 11 is 0. The van der Waals surface area contributed by atoms with Gasteiger partial charge < -0.3 is 16.4 Å². The molecule has 0 saturated heterocycles. The molecule has 4 N–H and O–H groups in total. The van der Waals surface area contributed by atoms with Crippen molar-refractivity contribution in [1.29, 1.82) is 0 Å². The van der Waals surface area contributed by atoms with Crippen molar-refractivity contribution in [3.05, 3.63) is 0 Å². The van der Waals surface area contributed by atoms with Crippen LogP contribution in [0.1, 0.15) is 46.0 Å². The summed E-state index contributed by atoms with van der Waals surface area (Å²) in [4.78, 5) is 23.1. The highest BCUT2D eigenvalue weighted by Crippen LogP contribution is 2.42. The second-order valence-corrected chi connectivity index (χ2v) is 6.03. The minimum absolute atomic E-state index is 0.192. The molecule has 2 amide bonds. The van der Waals surface area contributed by atoms with Crippen LogP contribution in [0.2, 0.25) is 0 Å². The molecule has 0 aromatic rings. The van der Waals surface area contributed by atoms with Gasteiger partial charge in [0.05, 0.1) is 0 Å². The van der Waals surface area contributed by atoms with E-state index in [4.69, 9.17) is 5.73 Å². The fraction of sp³-hybridized carbons (Fsp3) is 0.857. The van der Waals surface area contributed by atoms with Crippen LogP contribution in [0.5, 0.6) is 0 Å². The highest BCUT2D eigenvalue weighted by Gasteiger charge is 2.35. The van der Waals surface area contributed by atoms with Crippen LogP contribution in [-0.2, 0) is 9.59 Å². The number of amides is 2. The fourth-order valence-corrected chi connectivity index (χ4v) is 3.06. The van der Waals surface area contributed by atoms with Gasteiger partial charge in [-0.2, -0.15) is 0 Å². The van der Waals surface area contributed by atoms with Gasteiger partial charge in [-0.25, -0.2) is 0 Å². The van der Waals surface area contributed by atoms with Crippen molar-refractivity contribution < 1.29 is 9.59 Å². The fourth-order valence-electron chi connectivity index (χ4n) is 3.06. The quantitative estimate of drug-likeness (QED) is 0.623. The number of nitrogens with two attached hydrogens (primary N) is 1. The Bertz CT molecular complexity index is 310. The van der Waals surface area contributed by atoms with E-state index in [1.807, 2.05) is 0 Å². The second-order valence-electron chi connectivity index (χ2n) is 6.03. The first kappa shape index (κ1) is 16.0. The lowest BCUT2D eigenvalue weighted by molar-refractivity contribution is -0.139. The molecule has 0 unspecified atom stereocenters. The second kappa shape index (κ2) is 7.48. The molecule has 5 heteroatoms. The maximum Gasteiger partial charge on any atom is 0.309 e. The summed E-state index contributed by atoms with van der Waals surface area (Å²) in [5, 5.41) is 5.27. The molecule has 5 nitrogen and oxygen atoms in total. The molecule has 110 valence electrons. The molecule has 1 fully saturated rings. The first-order valence-electron chi connectivity index (χ1n) is 7.25. The molecule has 0 bridgehead atoms. The predicted molar refractivity (Wildman–Crippen MR) is 75.4 cm³/mol. The van der Waals surface area contributed by atoms with Gasteiger partial charge in [-0.05, 0) is 30.6 Å². The largest absolute Gasteiger partial charge is 0.347 e. The lowest BCUT2D eigenvalue weighted by Crippen LogP contribution is -2.45. The van der Waals surface area contributed by atoms with Gasteiger partial charge in [0.2, 0.25) is 0 Å². The highest BCUT2D eigenvalue weighted by molar-refractivity contribution is 6.35. The monoisotopic (exact) mass is 269 g/mol. The third kappa shape index (κ3) is 5.19. The van der Waals surface area contributed by atoms with Crippen LogP contribution < -0.4 is 16.4 Å². The Hall–Kier alpha value is -1.10. The van der Waals surface area contributed by atoms with E-state index in [9.17, 15) is 9.59 Å². The van der Waals surface area contributed by atoms with Gasteiger partial charge >= 0.3 is 11.8 Å². The summed E-state index contributed by atoms with van der Waals surface area (Å²) < 4.78 is 0. The number of carbonyl (C=O) groups excluding carboxylic acids is 2. The SMILES string of the molecule is CC(C)CC1(CNC(=O)C(=O)NCCN)CCCC1. The van der Waals surface area contributed by atoms with E-state index in [0.29, 0.717) is 25.6 Å². The van der Waals surface area contributed by atoms with Gasteiger partial charge in [0.15, 0.2) is 0 Å². The summed E-state index contributed by atoms with van der Waals surface area (Å²) in [6, 6.07) is 0. The van der Waals surface area contributed by atoms with Crippen LogP contribution >= 0.6 is 0 Å². The number of nitrogens with one attached hydrogen (secondary N) is 2. The molecule has 0 radical (unpaired) electrons. The summed E-state index contributed by atoms with van der Waals surface area (Å²) in [5.74, 6) is -0.507. The molecule has 1 rings (SSSR count). The van der Waals surface area contributed by atoms with Crippen molar-refractivity contribution in [2.24, 2.45) is 17.1 Å². The maximum absolute atomic E-state index is 11.7. The average molecular weight is 269 g/mol. The molecule has 1 aliphatic carbocycles. The summed E-state index contributed by atoms with van der Waals surface area (Å²) in [6.45, 7) is 5.70. The number of hydrogen-bond donors (Lipinski definition) is 3. The minimum atomic E-state index is -0.580. The molecule has 0 spiro atoms. The Balaban J connectivity index is 2.43. The highest BCUT2D eigenvalue weighted by atomic mass is 16.2. The number of rotatable bonds is 6. The predicted octanol–water partition coefficient (Wildman–Crippen LogP) is 0.784. The van der Waals surface area contributed by atoms with E-state index in [1.54, 1.807) is 0 Å². The van der Waals surface area contributed by atoms with E-state index in [2.05, 4.69) is 24.5 Å². The van der Waals surface area contributed by atoms with Gasteiger partial charge in [-0.3, -0.25) is 9.59 Å². The van der Waals surface area contributed by atoms with Crippen molar-refractivity contribution in [1.82, 2.24) is 10.6 Å². The first-order chi connectivity index (χ1) is 8.99. The van der Waals surface area contributed by atoms with E-state index >= 15 is 0 Å². The molecule has 0 aliphatic heterocycles. The van der Waals surface area contributed by atoms with Crippen molar-refractivity contribution in [2.75, 3.05) is 19.6 Å². The Kier molecular flexibility index (Phi) is 6.28. The normalized spacial score (nSPS) is 17.5. The number of carbonyl (C=O) groups is 2. The zero-order valence-electron chi connectivity index (χ0n) is 12.1. The van der Waals surface area contributed by atoms with Crippen LogP contribution in [0.25, 0.3) is 0 Å². The van der Waals surface area contributed by atoms with Crippen LogP contribution in [0.15, 0.2) is 0 Å². The van der Waals surface area contributed by atoms with Gasteiger partial charge in [0.25, 0.3) is 0 Å². The standard InChI is InChI=1S/C14H27N3O2/c1-11(2)9-14(5-3-4-6-14)10-17-13(19)12(18)16-8-7-15/h11H,3-10,15H2,1-2H3,(H,16,18)(H,17,19). The molecule has 0 aromatic heterocycles. The first-order valence-corrected chi connectivity index (χ1v) is 7.25. The maximum atomic E-state index is 11.7. The third-order valence-corrected chi connectivity index (χ3v) is 3.77. The lowest BCUT2D eigenvalue weighted by Gasteiger charge is -2.31. The smallest absolute Gasteiger partial charge is 0.309 e. The zero-order chi connectivity index (χ0) is 14.3. The zero-order valence-corrected chi connectivity index (χ0v) is 12.1. The van der Waals surface area contributed by atoms with E-state index in [0.717, 1.165) is 19.3 Å². The van der Waals surface area contributed by atoms with Crippen LogP contribution in [0.4, 0.5) is 0 Å². The number of hydrogen-bond acceptors (Lipinski definition) is 3. The molecule has 0 aromatic carbocycles. The minimum Gasteiger partial charge on any atom is -0.347 e. The topological polar surface area (TPSA) is 84.2 Å². The van der Waals surface area contributed by atoms with Crippen LogP contribution in [0.3, 0.4) is 0 Å².